The third-order valence-electron chi connectivity index (χ3n) is 5.38. The topological polar surface area (TPSA) is 72.0 Å². The first-order valence-corrected chi connectivity index (χ1v) is 9.91. The maximum atomic E-state index is 12.7. The molecule has 9 heteroatoms. The molecule has 0 radical (unpaired) electrons. The van der Waals surface area contributed by atoms with Crippen molar-refractivity contribution >= 4 is 28.5 Å². The van der Waals surface area contributed by atoms with Gasteiger partial charge in [-0.1, -0.05) is 0 Å². The monoisotopic (exact) mass is 367 g/mol. The standard InChI is InChI=1S/C16H26BN3O4S/c1-12-14(20-9-7-8-19(6)25(20,21)22)10-13(11-18-12)17-23-15(2,3)16(4,5)24-17/h10-11H,7-9H2,1-6H3. The zero-order chi connectivity index (χ0) is 18.6. The summed E-state index contributed by atoms with van der Waals surface area (Å²) in [5.74, 6) is 0. The normalized spacial score (nSPS) is 25.4. The Morgan fingerprint density at radius 2 is 1.76 bits per heavy atom. The predicted octanol–water partition coefficient (Wildman–Crippen LogP) is 1.08. The Hall–Kier alpha value is -1.16. The van der Waals surface area contributed by atoms with Crippen molar-refractivity contribution in [3.05, 3.63) is 18.0 Å². The molecule has 25 heavy (non-hydrogen) atoms. The van der Waals surface area contributed by atoms with Crippen LogP contribution in [0.5, 0.6) is 0 Å². The number of hydrogen-bond donors (Lipinski definition) is 0. The molecule has 2 saturated heterocycles. The molecular weight excluding hydrogens is 341 g/mol. The van der Waals surface area contributed by atoms with Gasteiger partial charge in [0, 0.05) is 31.8 Å². The quantitative estimate of drug-likeness (QED) is 0.732. The van der Waals surface area contributed by atoms with Crippen LogP contribution in [0.15, 0.2) is 12.3 Å². The lowest BCUT2D eigenvalue weighted by atomic mass is 9.80. The number of aryl methyl sites for hydroxylation is 1. The van der Waals surface area contributed by atoms with Gasteiger partial charge in [0.15, 0.2) is 0 Å². The Bertz CT molecular complexity index is 766. The third-order valence-corrected chi connectivity index (χ3v) is 7.29. The molecule has 3 rings (SSSR count). The zero-order valence-corrected chi connectivity index (χ0v) is 16.6. The molecule has 2 aliphatic heterocycles. The fraction of sp³-hybridized carbons (Fsp3) is 0.688. The SMILES string of the molecule is Cc1ncc(B2OC(C)(C)C(C)(C)O2)cc1N1CCCN(C)S1(=O)=O. The Morgan fingerprint density at radius 1 is 1.16 bits per heavy atom. The van der Waals surface area contributed by atoms with E-state index in [1.807, 2.05) is 40.7 Å². The van der Waals surface area contributed by atoms with Crippen LogP contribution >= 0.6 is 0 Å². The fourth-order valence-corrected chi connectivity index (χ4v) is 4.47. The van der Waals surface area contributed by atoms with E-state index in [2.05, 4.69) is 4.98 Å². The Kier molecular flexibility index (Phi) is 4.43. The molecule has 0 spiro atoms. The minimum atomic E-state index is -3.52. The second-order valence-electron chi connectivity index (χ2n) is 7.72. The van der Waals surface area contributed by atoms with Crippen molar-refractivity contribution in [3.8, 4) is 0 Å². The van der Waals surface area contributed by atoms with E-state index in [1.165, 1.54) is 8.61 Å². The molecule has 0 atom stereocenters. The molecule has 0 amide bonds. The number of pyridine rings is 1. The van der Waals surface area contributed by atoms with Gasteiger partial charge in [0.25, 0.3) is 0 Å². The van der Waals surface area contributed by atoms with Crippen molar-refractivity contribution in [1.29, 1.82) is 0 Å². The summed E-state index contributed by atoms with van der Waals surface area (Å²) in [6.45, 7) is 10.7. The average molecular weight is 367 g/mol. The van der Waals surface area contributed by atoms with Crippen molar-refractivity contribution in [3.63, 3.8) is 0 Å². The van der Waals surface area contributed by atoms with Crippen molar-refractivity contribution in [2.24, 2.45) is 0 Å². The maximum absolute atomic E-state index is 12.7. The highest BCUT2D eigenvalue weighted by atomic mass is 32.2. The molecule has 0 N–H and O–H groups in total. The Morgan fingerprint density at radius 3 is 2.36 bits per heavy atom. The van der Waals surface area contributed by atoms with Gasteiger partial charge in [-0.3, -0.25) is 9.29 Å². The Balaban J connectivity index is 1.98. The van der Waals surface area contributed by atoms with Crippen LogP contribution in [-0.2, 0) is 19.5 Å². The fourth-order valence-electron chi connectivity index (χ4n) is 2.98. The second kappa shape index (κ2) is 5.94. The van der Waals surface area contributed by atoms with Gasteiger partial charge in [-0.05, 0) is 47.1 Å². The number of aromatic nitrogens is 1. The average Bonchev–Trinajstić information content (AvgIpc) is 2.71. The van der Waals surface area contributed by atoms with Crippen molar-refractivity contribution in [1.82, 2.24) is 9.29 Å². The Labute approximate surface area is 150 Å². The van der Waals surface area contributed by atoms with Gasteiger partial charge in [-0.2, -0.15) is 12.7 Å². The summed E-state index contributed by atoms with van der Waals surface area (Å²) in [6.07, 6.45) is 2.47. The van der Waals surface area contributed by atoms with Crippen LogP contribution < -0.4 is 9.77 Å². The molecule has 0 unspecified atom stereocenters. The molecule has 0 aromatic carbocycles. The molecule has 138 valence electrons. The number of nitrogens with zero attached hydrogens (tertiary/aromatic N) is 3. The number of anilines is 1. The van der Waals surface area contributed by atoms with Gasteiger partial charge < -0.3 is 9.31 Å². The van der Waals surface area contributed by atoms with Crippen LogP contribution in [0.2, 0.25) is 0 Å². The maximum Gasteiger partial charge on any atom is 0.496 e. The molecular formula is C16H26BN3O4S. The molecule has 3 heterocycles. The van der Waals surface area contributed by atoms with Crippen LogP contribution in [0, 0.1) is 6.92 Å². The lowest BCUT2D eigenvalue weighted by Gasteiger charge is -2.34. The van der Waals surface area contributed by atoms with E-state index >= 15 is 0 Å². The van der Waals surface area contributed by atoms with E-state index in [4.69, 9.17) is 9.31 Å². The van der Waals surface area contributed by atoms with Gasteiger partial charge in [-0.25, -0.2) is 0 Å². The van der Waals surface area contributed by atoms with Gasteiger partial charge in [-0.15, -0.1) is 0 Å². The number of hydrogen-bond acceptors (Lipinski definition) is 5. The smallest absolute Gasteiger partial charge is 0.399 e. The highest BCUT2D eigenvalue weighted by Crippen LogP contribution is 2.37. The van der Waals surface area contributed by atoms with Crippen molar-refractivity contribution < 1.29 is 17.7 Å². The van der Waals surface area contributed by atoms with Crippen LogP contribution in [0.1, 0.15) is 39.8 Å². The van der Waals surface area contributed by atoms with Gasteiger partial charge in [0.1, 0.15) is 0 Å². The van der Waals surface area contributed by atoms with Crippen LogP contribution in [0.4, 0.5) is 5.69 Å². The first-order chi connectivity index (χ1) is 11.5. The highest BCUT2D eigenvalue weighted by Gasteiger charge is 2.52. The first-order valence-electron chi connectivity index (χ1n) is 8.52. The summed E-state index contributed by atoms with van der Waals surface area (Å²) in [4.78, 5) is 4.40. The zero-order valence-electron chi connectivity index (χ0n) is 15.7. The highest BCUT2D eigenvalue weighted by molar-refractivity contribution is 7.90. The molecule has 0 aliphatic carbocycles. The van der Waals surface area contributed by atoms with Gasteiger partial charge in [0.2, 0.25) is 0 Å². The molecule has 2 aliphatic rings. The molecule has 2 fully saturated rings. The van der Waals surface area contributed by atoms with E-state index in [9.17, 15) is 8.42 Å². The largest absolute Gasteiger partial charge is 0.496 e. The summed E-state index contributed by atoms with van der Waals surface area (Å²) >= 11 is 0. The lowest BCUT2D eigenvalue weighted by Crippen LogP contribution is -2.48. The van der Waals surface area contributed by atoms with Gasteiger partial charge in [0.05, 0.1) is 22.6 Å². The molecule has 1 aromatic rings. The van der Waals surface area contributed by atoms with Gasteiger partial charge >= 0.3 is 17.3 Å². The van der Waals surface area contributed by atoms with Crippen LogP contribution in [0.25, 0.3) is 0 Å². The van der Waals surface area contributed by atoms with E-state index in [0.29, 0.717) is 24.5 Å². The number of rotatable bonds is 2. The van der Waals surface area contributed by atoms with E-state index in [-0.39, 0.29) is 0 Å². The molecule has 1 aromatic heterocycles. The van der Waals surface area contributed by atoms with E-state index in [0.717, 1.165) is 11.9 Å². The lowest BCUT2D eigenvalue weighted by molar-refractivity contribution is 0.00578. The van der Waals surface area contributed by atoms with Crippen molar-refractivity contribution in [2.75, 3.05) is 24.4 Å². The van der Waals surface area contributed by atoms with E-state index in [1.54, 1.807) is 13.2 Å². The summed E-state index contributed by atoms with van der Waals surface area (Å²) in [5.41, 5.74) is 1.06. The third kappa shape index (κ3) is 3.07. The summed E-state index contributed by atoms with van der Waals surface area (Å²) < 4.78 is 40.3. The summed E-state index contributed by atoms with van der Waals surface area (Å²) in [7, 11) is -2.49. The minimum absolute atomic E-state index is 0.446. The minimum Gasteiger partial charge on any atom is -0.399 e. The molecule has 7 nitrogen and oxygen atoms in total. The first kappa shape index (κ1) is 18.6. The van der Waals surface area contributed by atoms with Crippen LogP contribution in [0.3, 0.4) is 0 Å². The van der Waals surface area contributed by atoms with E-state index < -0.39 is 28.5 Å². The van der Waals surface area contributed by atoms with Crippen molar-refractivity contribution in [2.45, 2.75) is 52.2 Å². The summed E-state index contributed by atoms with van der Waals surface area (Å²) in [5, 5.41) is 0. The molecule has 0 saturated carbocycles. The second-order valence-corrected chi connectivity index (χ2v) is 9.68. The van der Waals surface area contributed by atoms with Crippen LogP contribution in [-0.4, -0.2) is 56.2 Å². The summed E-state index contributed by atoms with van der Waals surface area (Å²) in [6, 6.07) is 1.82. The molecule has 0 bridgehead atoms. The predicted molar refractivity (Wildman–Crippen MR) is 98.2 cm³/mol.